The van der Waals surface area contributed by atoms with E-state index >= 15 is 0 Å². The molecule has 0 saturated carbocycles. The Kier molecular flexibility index (Phi) is 3.34. The molecule has 1 aromatic rings. The maximum atomic E-state index is 12.7. The van der Waals surface area contributed by atoms with Gasteiger partial charge in [0.1, 0.15) is 17.9 Å². The van der Waals surface area contributed by atoms with E-state index in [0.29, 0.717) is 17.9 Å². The van der Waals surface area contributed by atoms with E-state index in [1.807, 2.05) is 11.4 Å². The summed E-state index contributed by atoms with van der Waals surface area (Å²) in [5, 5.41) is 1.96. The van der Waals surface area contributed by atoms with Crippen molar-refractivity contribution in [3.05, 3.63) is 23.8 Å². The zero-order valence-electron chi connectivity index (χ0n) is 11.9. The summed E-state index contributed by atoms with van der Waals surface area (Å²) in [6.45, 7) is 1.29. The van der Waals surface area contributed by atoms with E-state index in [2.05, 4.69) is 0 Å². The number of fused-ring (bicyclic) bond motifs is 1. The molecular formula is C14H16F3N3O2. The minimum atomic E-state index is -4.45. The quantitative estimate of drug-likeness (QED) is 0.819. The Morgan fingerprint density at radius 2 is 2.18 bits per heavy atom. The van der Waals surface area contributed by atoms with Crippen molar-refractivity contribution >= 4 is 11.7 Å². The van der Waals surface area contributed by atoms with Crippen LogP contribution >= 0.6 is 0 Å². The lowest BCUT2D eigenvalue weighted by Crippen LogP contribution is -2.45. The van der Waals surface area contributed by atoms with Gasteiger partial charge in [0.15, 0.2) is 0 Å². The number of nitrogen functional groups attached to an aromatic ring is 1. The number of nitrogens with two attached hydrogens (primary N) is 1. The predicted molar refractivity (Wildman–Crippen MR) is 73.5 cm³/mol. The topological polar surface area (TPSA) is 67.6 Å². The molecule has 0 spiro atoms. The molecule has 0 bridgehead atoms. The molecule has 0 aromatic heterocycles. The molecule has 8 heteroatoms. The van der Waals surface area contributed by atoms with Gasteiger partial charge in [0.05, 0.1) is 12.6 Å². The second kappa shape index (κ2) is 4.96. The molecule has 3 N–H and O–H groups in total. The third-order valence-corrected chi connectivity index (χ3v) is 4.15. The zero-order valence-corrected chi connectivity index (χ0v) is 11.9. The van der Waals surface area contributed by atoms with E-state index in [9.17, 15) is 18.0 Å². The van der Waals surface area contributed by atoms with Gasteiger partial charge in [-0.25, -0.2) is 4.79 Å². The second-order valence-electron chi connectivity index (χ2n) is 5.66. The van der Waals surface area contributed by atoms with Crippen molar-refractivity contribution < 1.29 is 22.7 Å². The third kappa shape index (κ3) is 2.53. The van der Waals surface area contributed by atoms with Crippen LogP contribution in [0.2, 0.25) is 0 Å². The van der Waals surface area contributed by atoms with Crippen molar-refractivity contribution in [3.8, 4) is 5.75 Å². The normalized spacial score (nSPS) is 25.6. The molecule has 22 heavy (non-hydrogen) atoms. The highest BCUT2D eigenvalue weighted by Gasteiger charge is 2.49. The summed E-state index contributed by atoms with van der Waals surface area (Å²) in [6, 6.07) is 2.25. The van der Waals surface area contributed by atoms with Crippen LogP contribution in [0.3, 0.4) is 0 Å². The molecule has 5 nitrogen and oxygen atoms in total. The highest BCUT2D eigenvalue weighted by molar-refractivity contribution is 5.77. The van der Waals surface area contributed by atoms with E-state index in [1.165, 1.54) is 4.90 Å². The van der Waals surface area contributed by atoms with Gasteiger partial charge in [0, 0.05) is 18.2 Å². The largest absolute Gasteiger partial charge is 0.488 e. The van der Waals surface area contributed by atoms with Gasteiger partial charge < -0.3 is 20.7 Å². The molecule has 3 rings (SSSR count). The van der Waals surface area contributed by atoms with Gasteiger partial charge in [-0.3, -0.25) is 0 Å². The van der Waals surface area contributed by atoms with Crippen LogP contribution in [0.4, 0.5) is 23.7 Å². The number of halogens is 3. The second-order valence-corrected chi connectivity index (χ2v) is 5.66. The number of alkyl halides is 3. The number of nitrogens with one attached hydrogen (secondary N) is 1. The molecule has 1 fully saturated rings. The van der Waals surface area contributed by atoms with Gasteiger partial charge in [-0.1, -0.05) is 6.07 Å². The Morgan fingerprint density at radius 1 is 1.45 bits per heavy atom. The first kappa shape index (κ1) is 14.8. The lowest BCUT2D eigenvalue weighted by molar-refractivity contribution is -0.150. The molecule has 3 atom stereocenters. The number of urea groups is 1. The molecule has 120 valence electrons. The van der Waals surface area contributed by atoms with Crippen molar-refractivity contribution in [3.63, 3.8) is 0 Å². The molecule has 2 heterocycles. The van der Waals surface area contributed by atoms with E-state index < -0.39 is 30.8 Å². The highest BCUT2D eigenvalue weighted by atomic mass is 19.4. The number of rotatable bonds is 2. The molecule has 1 saturated heterocycles. The highest BCUT2D eigenvalue weighted by Crippen LogP contribution is 2.34. The van der Waals surface area contributed by atoms with Crippen LogP contribution in [-0.4, -0.2) is 41.8 Å². The molecule has 0 aliphatic carbocycles. The molecule has 2 unspecified atom stereocenters. The van der Waals surface area contributed by atoms with Crippen LogP contribution in [-0.2, 0) is 6.42 Å². The summed E-state index contributed by atoms with van der Waals surface area (Å²) in [5.74, 6) is 0.629. The minimum Gasteiger partial charge on any atom is -0.488 e. The lowest BCUT2D eigenvalue weighted by atomic mass is 10.0. The number of amides is 2. The van der Waals surface area contributed by atoms with E-state index in [1.54, 1.807) is 19.1 Å². The van der Waals surface area contributed by atoms with Crippen LogP contribution in [0.5, 0.6) is 5.75 Å². The Bertz CT molecular complexity index is 605. The first-order valence-electron chi connectivity index (χ1n) is 6.94. The Morgan fingerprint density at radius 3 is 2.82 bits per heavy atom. The molecule has 2 aliphatic rings. The Balaban J connectivity index is 1.71. The van der Waals surface area contributed by atoms with E-state index in [4.69, 9.17) is 10.5 Å². The number of carbonyl (C=O) groups is 1. The number of hydrogen-bond donors (Lipinski definition) is 2. The minimum absolute atomic E-state index is 0.380. The first-order valence-corrected chi connectivity index (χ1v) is 6.94. The van der Waals surface area contributed by atoms with Gasteiger partial charge >= 0.3 is 12.2 Å². The van der Waals surface area contributed by atoms with Gasteiger partial charge in [-0.05, 0) is 18.6 Å². The summed E-state index contributed by atoms with van der Waals surface area (Å²) in [5.41, 5.74) is 7.18. The van der Waals surface area contributed by atoms with Crippen molar-refractivity contribution in [1.82, 2.24) is 10.2 Å². The summed E-state index contributed by atoms with van der Waals surface area (Å²) < 4.78 is 43.9. The average molecular weight is 315 g/mol. The SMILES string of the molecule is CC(C1Cc2ccc(N)cc2O1)N1C[C@@H](C(F)(F)F)NC1=O. The van der Waals surface area contributed by atoms with Crippen LogP contribution in [0.25, 0.3) is 0 Å². The van der Waals surface area contributed by atoms with Crippen LogP contribution in [0.1, 0.15) is 12.5 Å². The Labute approximate surface area is 125 Å². The number of hydrogen-bond acceptors (Lipinski definition) is 3. The summed E-state index contributed by atoms with van der Waals surface area (Å²) in [4.78, 5) is 13.0. The number of benzene rings is 1. The molecule has 2 amide bonds. The summed E-state index contributed by atoms with van der Waals surface area (Å²) in [7, 11) is 0. The fourth-order valence-corrected chi connectivity index (χ4v) is 2.83. The first-order chi connectivity index (χ1) is 10.3. The summed E-state index contributed by atoms with van der Waals surface area (Å²) >= 11 is 0. The molecule has 2 aliphatic heterocycles. The fourth-order valence-electron chi connectivity index (χ4n) is 2.83. The monoisotopic (exact) mass is 315 g/mol. The van der Waals surface area contributed by atoms with Gasteiger partial charge in [-0.15, -0.1) is 0 Å². The number of anilines is 1. The third-order valence-electron chi connectivity index (χ3n) is 4.15. The molecule has 0 radical (unpaired) electrons. The standard InChI is InChI=1S/C14H16F3N3O2/c1-7(20-6-12(14(15,16)17)19-13(20)21)10-4-8-2-3-9(18)5-11(8)22-10/h2-3,5,7,10,12H,4,6,18H2,1H3,(H,19,21)/t7?,10?,12-/m0/s1. The maximum absolute atomic E-state index is 12.7. The fraction of sp³-hybridized carbons (Fsp3) is 0.500. The van der Waals surface area contributed by atoms with Crippen LogP contribution in [0, 0.1) is 0 Å². The van der Waals surface area contributed by atoms with E-state index in [-0.39, 0.29) is 6.10 Å². The van der Waals surface area contributed by atoms with E-state index in [0.717, 1.165) is 5.56 Å². The Hall–Kier alpha value is -2.12. The lowest BCUT2D eigenvalue weighted by Gasteiger charge is -2.28. The van der Waals surface area contributed by atoms with Crippen LogP contribution in [0.15, 0.2) is 18.2 Å². The zero-order chi connectivity index (χ0) is 16.1. The van der Waals surface area contributed by atoms with Crippen LogP contribution < -0.4 is 15.8 Å². The van der Waals surface area contributed by atoms with Crippen molar-refractivity contribution in [2.24, 2.45) is 0 Å². The average Bonchev–Trinajstić information content (AvgIpc) is 3.00. The van der Waals surface area contributed by atoms with Crippen molar-refractivity contribution in [2.45, 2.75) is 37.7 Å². The van der Waals surface area contributed by atoms with Crippen molar-refractivity contribution in [2.75, 3.05) is 12.3 Å². The van der Waals surface area contributed by atoms with Gasteiger partial charge in [0.2, 0.25) is 0 Å². The van der Waals surface area contributed by atoms with Gasteiger partial charge in [-0.2, -0.15) is 13.2 Å². The maximum Gasteiger partial charge on any atom is 0.410 e. The number of carbonyl (C=O) groups excluding carboxylic acids is 1. The van der Waals surface area contributed by atoms with Crippen molar-refractivity contribution in [1.29, 1.82) is 0 Å². The predicted octanol–water partition coefficient (Wildman–Crippen LogP) is 1.92. The number of nitrogens with zero attached hydrogens (tertiary/aromatic N) is 1. The molecular weight excluding hydrogens is 299 g/mol. The number of ether oxygens (including phenoxy) is 1. The molecule has 1 aromatic carbocycles. The van der Waals surface area contributed by atoms with Gasteiger partial charge in [0.25, 0.3) is 0 Å². The summed E-state index contributed by atoms with van der Waals surface area (Å²) in [6.07, 6.45) is -4.29. The smallest absolute Gasteiger partial charge is 0.410 e.